The second kappa shape index (κ2) is 15.8. The first-order chi connectivity index (χ1) is 26.6. The largest absolute Gasteiger partial charge is 0.342 e. The molecule has 56 heavy (non-hydrogen) atoms. The van der Waals surface area contributed by atoms with Crippen molar-refractivity contribution >= 4 is 45.9 Å². The summed E-state index contributed by atoms with van der Waals surface area (Å²) in [7, 11) is 0. The van der Waals surface area contributed by atoms with Crippen molar-refractivity contribution in [3.8, 4) is 0 Å². The molecule has 0 aromatic heterocycles. The molecule has 0 fully saturated rings. The summed E-state index contributed by atoms with van der Waals surface area (Å²) in [5.41, 5.74) is 19.2. The first-order valence-electron chi connectivity index (χ1n) is 23.7. The Bertz CT molecular complexity index is 1890. The summed E-state index contributed by atoms with van der Waals surface area (Å²) in [5.74, 6) is 0. The van der Waals surface area contributed by atoms with Gasteiger partial charge in [-0.15, -0.1) is 0 Å². The molecule has 0 saturated carbocycles. The number of unbranched alkanes of at least 4 members (excludes halogenated alkanes) is 9. The molecule has 7 rings (SSSR count). The number of anilines is 4. The normalized spacial score (nSPS) is 19.6. The van der Waals surface area contributed by atoms with Crippen molar-refractivity contribution in [3.05, 3.63) is 64.2 Å². The van der Waals surface area contributed by atoms with E-state index in [0.717, 1.165) is 6.54 Å². The molecule has 304 valence electrons. The molecule has 0 bridgehead atoms. The molecule has 0 amide bonds. The average molecular weight is 755 g/mol. The van der Waals surface area contributed by atoms with Gasteiger partial charge in [-0.05, 0) is 136 Å². The molecule has 3 aromatic carbocycles. The van der Waals surface area contributed by atoms with Gasteiger partial charge in [0.2, 0.25) is 0 Å². The fraction of sp³-hybridized carbons (Fsp3) is 0.660. The highest BCUT2D eigenvalue weighted by molar-refractivity contribution is 7.00. The van der Waals surface area contributed by atoms with E-state index in [1.54, 1.807) is 38.6 Å². The number of rotatable bonds is 16. The second-order valence-electron chi connectivity index (χ2n) is 21.7. The number of fused-ring (bicyclic) bond motifs is 6. The van der Waals surface area contributed by atoms with E-state index in [4.69, 9.17) is 0 Å². The number of hydrogen-bond donors (Lipinski definition) is 0. The van der Waals surface area contributed by atoms with Crippen molar-refractivity contribution in [2.45, 2.75) is 220 Å². The minimum absolute atomic E-state index is 0.153. The molecule has 3 aromatic rings. The van der Waals surface area contributed by atoms with Gasteiger partial charge >= 0.3 is 0 Å². The Morgan fingerprint density at radius 3 is 1.64 bits per heavy atom. The Morgan fingerprint density at radius 2 is 1.00 bits per heavy atom. The average Bonchev–Trinajstić information content (AvgIpc) is 3.32. The minimum Gasteiger partial charge on any atom is -0.342 e. The van der Waals surface area contributed by atoms with Gasteiger partial charge in [-0.3, -0.25) is 0 Å². The van der Waals surface area contributed by atoms with Crippen LogP contribution in [0.3, 0.4) is 0 Å². The SMILES string of the molecule is CCCCCCCCN1c2cc3c(cc2B2c4cc5c(cc4N([C@H](CCCC)CCCCCC)c4cc(C)cc1c42)C(C)(C)CC5(C)C)C(C)(C)CCC3(C)C. The second-order valence-corrected chi connectivity index (χ2v) is 21.7. The van der Waals surface area contributed by atoms with E-state index >= 15 is 0 Å². The number of nitrogens with zero attached hydrogens (tertiary/aromatic N) is 2. The molecule has 4 aliphatic rings. The van der Waals surface area contributed by atoms with Crippen LogP contribution >= 0.6 is 0 Å². The third kappa shape index (κ3) is 7.42. The van der Waals surface area contributed by atoms with E-state index in [0.29, 0.717) is 6.04 Å². The summed E-state index contributed by atoms with van der Waals surface area (Å²) < 4.78 is 0. The van der Waals surface area contributed by atoms with Gasteiger partial charge < -0.3 is 9.80 Å². The van der Waals surface area contributed by atoms with Gasteiger partial charge in [-0.2, -0.15) is 0 Å². The van der Waals surface area contributed by atoms with Gasteiger partial charge in [0.1, 0.15) is 0 Å². The van der Waals surface area contributed by atoms with E-state index in [1.807, 2.05) is 0 Å². The lowest BCUT2D eigenvalue weighted by Crippen LogP contribution is -2.64. The Morgan fingerprint density at radius 1 is 0.518 bits per heavy atom. The van der Waals surface area contributed by atoms with Crippen LogP contribution in [0.1, 0.15) is 213 Å². The molecule has 0 N–H and O–H groups in total. The van der Waals surface area contributed by atoms with Crippen LogP contribution in [0.15, 0.2) is 36.4 Å². The van der Waals surface area contributed by atoms with Crippen LogP contribution in [0.2, 0.25) is 0 Å². The number of aryl methyl sites for hydroxylation is 1. The lowest BCUT2D eigenvalue weighted by Gasteiger charge is -2.49. The molecule has 2 nitrogen and oxygen atoms in total. The highest BCUT2D eigenvalue weighted by atomic mass is 15.2. The van der Waals surface area contributed by atoms with Gasteiger partial charge in [0.25, 0.3) is 6.71 Å². The molecule has 2 aliphatic heterocycles. The predicted octanol–water partition coefficient (Wildman–Crippen LogP) is 13.6. The molecule has 0 saturated heterocycles. The zero-order chi connectivity index (χ0) is 40.2. The highest BCUT2D eigenvalue weighted by Gasteiger charge is 2.49. The molecule has 1 atom stereocenters. The fourth-order valence-corrected chi connectivity index (χ4v) is 12.1. The molecule has 3 heteroatoms. The zero-order valence-corrected chi connectivity index (χ0v) is 38.2. The fourth-order valence-electron chi connectivity index (χ4n) is 12.1. The van der Waals surface area contributed by atoms with Crippen LogP contribution in [0.5, 0.6) is 0 Å². The van der Waals surface area contributed by atoms with Crippen molar-refractivity contribution in [2.24, 2.45) is 0 Å². The van der Waals surface area contributed by atoms with E-state index in [9.17, 15) is 0 Å². The monoisotopic (exact) mass is 755 g/mol. The molecule has 0 radical (unpaired) electrons. The Hall–Kier alpha value is -2.68. The van der Waals surface area contributed by atoms with Crippen LogP contribution in [0.25, 0.3) is 0 Å². The van der Waals surface area contributed by atoms with E-state index < -0.39 is 0 Å². The number of hydrogen-bond acceptors (Lipinski definition) is 2. The first-order valence-corrected chi connectivity index (χ1v) is 23.7. The maximum absolute atomic E-state index is 2.94. The standard InChI is InChI=1S/C53H79BN2/c1-13-16-19-21-22-24-29-55-45-34-41-39(50(5,6)27-28-51(41,7)8)32-43(45)54-44-33-40-42(53(11,12)36-52(40,9)10)35-46(44)56(48-31-37(4)30-47(55)49(48)54)38(25-18-15-3)26-23-20-17-14-2/h30-35,38H,13-29,36H2,1-12H3/t38-/m1/s1. The Balaban J connectivity index is 1.50. The smallest absolute Gasteiger partial charge is 0.252 e. The van der Waals surface area contributed by atoms with E-state index in [1.165, 1.54) is 137 Å². The third-order valence-electron chi connectivity index (χ3n) is 15.2. The lowest BCUT2D eigenvalue weighted by molar-refractivity contribution is 0.332. The van der Waals surface area contributed by atoms with Gasteiger partial charge in [0.05, 0.1) is 0 Å². The summed E-state index contributed by atoms with van der Waals surface area (Å²) in [6.45, 7) is 31.0. The summed E-state index contributed by atoms with van der Waals surface area (Å²) in [6, 6.07) is 16.7. The third-order valence-corrected chi connectivity index (χ3v) is 15.2. The van der Waals surface area contributed by atoms with Crippen molar-refractivity contribution < 1.29 is 0 Å². The van der Waals surface area contributed by atoms with Crippen molar-refractivity contribution in [2.75, 3.05) is 16.3 Å². The molecule has 0 spiro atoms. The predicted molar refractivity (Wildman–Crippen MR) is 249 cm³/mol. The van der Waals surface area contributed by atoms with Crippen LogP contribution in [-0.2, 0) is 21.7 Å². The van der Waals surface area contributed by atoms with Crippen LogP contribution < -0.4 is 26.2 Å². The first kappa shape index (κ1) is 41.5. The highest BCUT2D eigenvalue weighted by Crippen LogP contribution is 2.53. The Labute approximate surface area is 345 Å². The van der Waals surface area contributed by atoms with Crippen LogP contribution in [-0.4, -0.2) is 19.3 Å². The zero-order valence-electron chi connectivity index (χ0n) is 38.2. The maximum atomic E-state index is 2.94. The lowest BCUT2D eigenvalue weighted by atomic mass is 9.32. The molecular formula is C53H79BN2. The summed E-state index contributed by atoms with van der Waals surface area (Å²) in [4.78, 5) is 5.78. The Kier molecular flexibility index (Phi) is 11.7. The van der Waals surface area contributed by atoms with Gasteiger partial charge in [-0.25, -0.2) is 0 Å². The van der Waals surface area contributed by atoms with Crippen LogP contribution in [0.4, 0.5) is 22.7 Å². The summed E-state index contributed by atoms with van der Waals surface area (Å²) in [5, 5.41) is 0. The maximum Gasteiger partial charge on any atom is 0.252 e. The summed E-state index contributed by atoms with van der Waals surface area (Å²) in [6.07, 6.45) is 22.0. The van der Waals surface area contributed by atoms with Gasteiger partial charge in [0, 0.05) is 35.3 Å². The van der Waals surface area contributed by atoms with Crippen molar-refractivity contribution in [1.82, 2.24) is 0 Å². The van der Waals surface area contributed by atoms with Crippen molar-refractivity contribution in [1.29, 1.82) is 0 Å². The van der Waals surface area contributed by atoms with E-state index in [2.05, 4.69) is 129 Å². The van der Waals surface area contributed by atoms with Crippen LogP contribution in [0, 0.1) is 6.92 Å². The molecule has 2 heterocycles. The number of benzene rings is 3. The molecule has 0 unspecified atom stereocenters. The quantitative estimate of drug-likeness (QED) is 0.106. The molecule has 2 aliphatic carbocycles. The van der Waals surface area contributed by atoms with Gasteiger partial charge in [-0.1, -0.05) is 159 Å². The molecular weight excluding hydrogens is 675 g/mol. The topological polar surface area (TPSA) is 6.48 Å². The summed E-state index contributed by atoms with van der Waals surface area (Å²) >= 11 is 0. The minimum atomic E-state index is 0.153. The van der Waals surface area contributed by atoms with E-state index in [-0.39, 0.29) is 28.4 Å². The van der Waals surface area contributed by atoms with Crippen molar-refractivity contribution in [3.63, 3.8) is 0 Å². The van der Waals surface area contributed by atoms with Gasteiger partial charge in [0.15, 0.2) is 0 Å².